The number of benzene rings is 2. The Morgan fingerprint density at radius 2 is 1.17 bits per heavy atom. The zero-order valence-corrected chi connectivity index (χ0v) is 27.4. The molecular formula is C33H40O20. The van der Waals surface area contributed by atoms with E-state index >= 15 is 0 Å². The van der Waals surface area contributed by atoms with Crippen LogP contribution in [0, 0.1) is 0 Å². The molecule has 3 fully saturated rings. The Kier molecular flexibility index (Phi) is 11.6. The number of aliphatic hydroxyl groups excluding tert-OH is 11. The van der Waals surface area contributed by atoms with E-state index in [0.29, 0.717) is 0 Å². The smallest absolute Gasteiger partial charge is 0.239 e. The van der Waals surface area contributed by atoms with E-state index in [0.717, 1.165) is 6.07 Å². The van der Waals surface area contributed by atoms with Crippen molar-refractivity contribution in [2.75, 3.05) is 19.8 Å². The molecule has 4 heterocycles. The van der Waals surface area contributed by atoms with Crippen molar-refractivity contribution < 1.29 is 94.5 Å². The van der Waals surface area contributed by atoms with Crippen LogP contribution >= 0.6 is 0 Å². The van der Waals surface area contributed by atoms with Gasteiger partial charge in [0.25, 0.3) is 0 Å². The third-order valence-electron chi connectivity index (χ3n) is 9.50. The molecule has 3 saturated heterocycles. The summed E-state index contributed by atoms with van der Waals surface area (Å²) in [5.74, 6) is -2.04. The maximum atomic E-state index is 14.2. The maximum absolute atomic E-state index is 14.2. The number of rotatable bonds is 9. The summed E-state index contributed by atoms with van der Waals surface area (Å²) < 4.78 is 34.4. The average molecular weight is 757 g/mol. The normalized spacial score (nSPS) is 37.8. The van der Waals surface area contributed by atoms with Crippen LogP contribution in [0.15, 0.2) is 45.6 Å². The first-order chi connectivity index (χ1) is 25.2. The first-order valence-corrected chi connectivity index (χ1v) is 16.4. The number of aliphatic hydroxyl groups is 11. The van der Waals surface area contributed by atoms with Crippen LogP contribution in [0.25, 0.3) is 22.3 Å². The summed E-state index contributed by atoms with van der Waals surface area (Å²) >= 11 is 0. The fraction of sp³-hybridized carbons (Fsp3) is 0.545. The molecule has 3 aliphatic heterocycles. The van der Waals surface area contributed by atoms with E-state index in [4.69, 9.17) is 28.1 Å². The summed E-state index contributed by atoms with van der Waals surface area (Å²) in [5.41, 5.74) is -1.38. The van der Waals surface area contributed by atoms with Gasteiger partial charge in [0.2, 0.25) is 17.5 Å². The van der Waals surface area contributed by atoms with Gasteiger partial charge in [-0.2, -0.15) is 0 Å². The van der Waals surface area contributed by atoms with Crippen LogP contribution in [0.2, 0.25) is 0 Å². The number of hydrogen-bond donors (Lipinski definition) is 13. The van der Waals surface area contributed by atoms with Gasteiger partial charge in [-0.05, 0) is 42.0 Å². The molecule has 20 heteroatoms. The number of phenolic OH excluding ortho intramolecular Hbond substituents is 2. The highest BCUT2D eigenvalue weighted by molar-refractivity contribution is 5.88. The Balaban J connectivity index is 1.45. The van der Waals surface area contributed by atoms with E-state index < -0.39 is 134 Å². The quantitative estimate of drug-likeness (QED) is 0.0976. The van der Waals surface area contributed by atoms with E-state index in [-0.39, 0.29) is 28.2 Å². The number of aromatic hydroxyl groups is 2. The zero-order chi connectivity index (χ0) is 38.5. The molecule has 1 aromatic heterocycles. The third kappa shape index (κ3) is 7.21. The summed E-state index contributed by atoms with van der Waals surface area (Å²) in [4.78, 5) is 14.2. The zero-order valence-electron chi connectivity index (χ0n) is 27.4. The molecule has 3 aliphatic rings. The van der Waals surface area contributed by atoms with Gasteiger partial charge in [0.05, 0.1) is 19.8 Å². The summed E-state index contributed by atoms with van der Waals surface area (Å²) in [7, 11) is 0. The van der Waals surface area contributed by atoms with Crippen LogP contribution in [0.1, 0.15) is 11.7 Å². The van der Waals surface area contributed by atoms with Crippen LogP contribution in [-0.4, -0.2) is 172 Å². The molecule has 0 radical (unpaired) electrons. The second-order valence-electron chi connectivity index (χ2n) is 12.9. The minimum absolute atomic E-state index is 0.0492. The number of phenols is 2. The minimum Gasteiger partial charge on any atom is -0.508 e. The van der Waals surface area contributed by atoms with E-state index in [9.17, 15) is 71.2 Å². The van der Waals surface area contributed by atoms with Crippen molar-refractivity contribution in [1.82, 2.24) is 0 Å². The van der Waals surface area contributed by atoms with Crippen molar-refractivity contribution in [2.45, 2.75) is 91.9 Å². The average Bonchev–Trinajstić information content (AvgIpc) is 3.14. The van der Waals surface area contributed by atoms with Crippen molar-refractivity contribution in [3.05, 3.63) is 52.2 Å². The molecule has 3 aromatic rings. The summed E-state index contributed by atoms with van der Waals surface area (Å²) in [6, 6.07) is 7.27. The van der Waals surface area contributed by atoms with Gasteiger partial charge in [0, 0.05) is 5.56 Å². The van der Waals surface area contributed by atoms with Gasteiger partial charge in [0.1, 0.15) is 95.7 Å². The first kappa shape index (κ1) is 39.2. The lowest BCUT2D eigenvalue weighted by Gasteiger charge is -2.45. The fourth-order valence-electron chi connectivity index (χ4n) is 6.50. The SMILES string of the molecule is O=c1c(O[C@@H]2O[C@H](CO)[C@@H](O)[C@H](O)[C@H]2O[C@@H]2O[C@H](CO)[C@@H](O)[C@H](O)[C@H]2O)c(-c2ccc(O)cc2)oc2cc([C@@H]3O[C@H](CO)[C@@H](O)[C@H](O)[C@H]3O)cc(O)c12. The molecule has 6 rings (SSSR count). The summed E-state index contributed by atoms with van der Waals surface area (Å²) in [6.07, 6.45) is -26.3. The topological polar surface area (TPSA) is 339 Å². The van der Waals surface area contributed by atoms with E-state index in [1.165, 1.54) is 30.3 Å². The predicted molar refractivity (Wildman–Crippen MR) is 171 cm³/mol. The van der Waals surface area contributed by atoms with Crippen LogP contribution in [0.5, 0.6) is 17.2 Å². The van der Waals surface area contributed by atoms with Crippen LogP contribution in [0.4, 0.5) is 0 Å². The van der Waals surface area contributed by atoms with Gasteiger partial charge in [-0.15, -0.1) is 0 Å². The Bertz CT molecular complexity index is 1780. The second-order valence-corrected chi connectivity index (χ2v) is 12.9. The molecule has 2 aromatic carbocycles. The predicted octanol–water partition coefficient (Wildman–Crippen LogP) is -4.61. The van der Waals surface area contributed by atoms with Crippen molar-refractivity contribution >= 4 is 11.0 Å². The lowest BCUT2D eigenvalue weighted by atomic mass is 9.90. The largest absolute Gasteiger partial charge is 0.508 e. The van der Waals surface area contributed by atoms with Gasteiger partial charge in [-0.25, -0.2) is 0 Å². The fourth-order valence-corrected chi connectivity index (χ4v) is 6.50. The van der Waals surface area contributed by atoms with Crippen LogP contribution < -0.4 is 10.2 Å². The number of fused-ring (bicyclic) bond motifs is 1. The standard InChI is InChI=1S/C33H40O20/c34-7-15-19(39)23(43)26(46)28(49-15)11-5-13(38)18-14(6-11)48-29(10-1-3-12(37)4-2-10)30(22(18)42)52-33-31(25(45)21(41)17(9-36)51-33)53-32-27(47)24(44)20(40)16(8-35)50-32/h1-6,15-17,19-21,23-28,31-41,43-47H,7-9H2/t15-,16-,17-,19-,20-,21-,23+,24+,25+,26-,27-,28+,31-,32+,33+/m1/s1. The van der Waals surface area contributed by atoms with E-state index in [1.54, 1.807) is 0 Å². The first-order valence-electron chi connectivity index (χ1n) is 16.4. The van der Waals surface area contributed by atoms with Crippen LogP contribution in [-0.2, 0) is 18.9 Å². The Hall–Kier alpha value is -3.55. The minimum atomic E-state index is -2.00. The van der Waals surface area contributed by atoms with Gasteiger partial charge in [-0.1, -0.05) is 0 Å². The van der Waals surface area contributed by atoms with Crippen molar-refractivity contribution in [3.8, 4) is 28.6 Å². The molecule has 0 bridgehead atoms. The Morgan fingerprint density at radius 1 is 0.623 bits per heavy atom. The van der Waals surface area contributed by atoms with Crippen molar-refractivity contribution in [1.29, 1.82) is 0 Å². The van der Waals surface area contributed by atoms with Gasteiger partial charge >= 0.3 is 0 Å². The van der Waals surface area contributed by atoms with Crippen LogP contribution in [0.3, 0.4) is 0 Å². The molecule has 53 heavy (non-hydrogen) atoms. The molecule has 0 aliphatic carbocycles. The highest BCUT2D eigenvalue weighted by Gasteiger charge is 2.52. The lowest BCUT2D eigenvalue weighted by molar-refractivity contribution is -0.358. The highest BCUT2D eigenvalue weighted by Crippen LogP contribution is 2.40. The number of hydrogen-bond acceptors (Lipinski definition) is 20. The maximum Gasteiger partial charge on any atom is 0.239 e. The summed E-state index contributed by atoms with van der Waals surface area (Å²) in [6.45, 7) is -2.46. The molecule has 15 atom stereocenters. The van der Waals surface area contributed by atoms with Gasteiger partial charge in [-0.3, -0.25) is 4.79 Å². The molecule has 0 saturated carbocycles. The number of ether oxygens (including phenoxy) is 5. The third-order valence-corrected chi connectivity index (χ3v) is 9.50. The highest BCUT2D eigenvalue weighted by atomic mass is 16.8. The van der Waals surface area contributed by atoms with Crippen molar-refractivity contribution in [2.24, 2.45) is 0 Å². The van der Waals surface area contributed by atoms with E-state index in [1.807, 2.05) is 0 Å². The molecule has 292 valence electrons. The molecule has 0 unspecified atom stereocenters. The Morgan fingerprint density at radius 3 is 1.77 bits per heavy atom. The van der Waals surface area contributed by atoms with E-state index in [2.05, 4.69) is 0 Å². The molecule has 0 amide bonds. The van der Waals surface area contributed by atoms with Crippen molar-refractivity contribution in [3.63, 3.8) is 0 Å². The molecular weight excluding hydrogens is 716 g/mol. The molecule has 20 nitrogen and oxygen atoms in total. The molecule has 13 N–H and O–H groups in total. The van der Waals surface area contributed by atoms with Gasteiger partial charge < -0.3 is 94.5 Å². The lowest BCUT2D eigenvalue weighted by Crippen LogP contribution is -2.65. The van der Waals surface area contributed by atoms with Gasteiger partial charge in [0.15, 0.2) is 18.2 Å². The Labute approximate surface area is 298 Å². The second kappa shape index (κ2) is 15.7. The molecule has 0 spiro atoms. The summed E-state index contributed by atoms with van der Waals surface area (Å²) in [5, 5.41) is 134. The monoisotopic (exact) mass is 756 g/mol.